The second-order valence-electron chi connectivity index (χ2n) is 4.99. The van der Waals surface area contributed by atoms with Gasteiger partial charge in [-0.3, -0.25) is 4.90 Å². The van der Waals surface area contributed by atoms with E-state index in [1.807, 2.05) is 0 Å². The quantitative estimate of drug-likeness (QED) is 0.764. The predicted octanol–water partition coefficient (Wildman–Crippen LogP) is 1.22. The summed E-state index contributed by atoms with van der Waals surface area (Å²) >= 11 is 0. The van der Waals surface area contributed by atoms with E-state index in [9.17, 15) is 0 Å². The van der Waals surface area contributed by atoms with Gasteiger partial charge in [-0.05, 0) is 32.2 Å². The van der Waals surface area contributed by atoms with Gasteiger partial charge in [0.2, 0.25) is 0 Å². The van der Waals surface area contributed by atoms with Crippen molar-refractivity contribution in [2.24, 2.45) is 11.7 Å². The van der Waals surface area contributed by atoms with Crippen LogP contribution in [0.15, 0.2) is 0 Å². The van der Waals surface area contributed by atoms with E-state index in [0.717, 1.165) is 32.2 Å². The van der Waals surface area contributed by atoms with E-state index in [1.165, 1.54) is 25.8 Å². The van der Waals surface area contributed by atoms with Crippen molar-refractivity contribution in [1.29, 1.82) is 0 Å². The molecule has 2 rings (SSSR count). The van der Waals surface area contributed by atoms with Crippen molar-refractivity contribution in [2.75, 3.05) is 26.3 Å². The van der Waals surface area contributed by atoms with Crippen LogP contribution in [-0.4, -0.2) is 43.3 Å². The van der Waals surface area contributed by atoms with Crippen LogP contribution in [0.2, 0.25) is 0 Å². The van der Waals surface area contributed by atoms with Crippen LogP contribution < -0.4 is 5.73 Å². The van der Waals surface area contributed by atoms with Gasteiger partial charge in [0, 0.05) is 31.2 Å². The molecule has 0 saturated carbocycles. The Kier molecular flexibility index (Phi) is 4.00. The van der Waals surface area contributed by atoms with Gasteiger partial charge in [0.05, 0.1) is 6.61 Å². The highest BCUT2D eigenvalue weighted by molar-refractivity contribution is 4.84. The summed E-state index contributed by atoms with van der Waals surface area (Å²) in [6.45, 7) is 6.44. The molecule has 2 aliphatic rings. The molecular formula is C12H24N2O. The highest BCUT2D eigenvalue weighted by atomic mass is 16.5. The molecule has 15 heavy (non-hydrogen) atoms. The lowest BCUT2D eigenvalue weighted by Crippen LogP contribution is -2.46. The van der Waals surface area contributed by atoms with Crippen LogP contribution in [0.25, 0.3) is 0 Å². The van der Waals surface area contributed by atoms with Gasteiger partial charge in [-0.25, -0.2) is 0 Å². The van der Waals surface area contributed by atoms with Gasteiger partial charge in [0.1, 0.15) is 0 Å². The maximum atomic E-state index is 6.14. The summed E-state index contributed by atoms with van der Waals surface area (Å²) in [5.74, 6) is 0.561. The number of hydrogen-bond acceptors (Lipinski definition) is 3. The summed E-state index contributed by atoms with van der Waals surface area (Å²) in [5.41, 5.74) is 6.14. The molecule has 0 aromatic carbocycles. The summed E-state index contributed by atoms with van der Waals surface area (Å²) in [4.78, 5) is 2.62. The lowest BCUT2D eigenvalue weighted by Gasteiger charge is -2.34. The van der Waals surface area contributed by atoms with E-state index in [0.29, 0.717) is 12.0 Å². The standard InChI is InChI=1S/C12H24N2O/c1-2-11-4-3-6-14(11)8-10-9-15-7-5-12(10)13/h10-12H,2-9,13H2,1H3. The second kappa shape index (κ2) is 5.28. The van der Waals surface area contributed by atoms with Gasteiger partial charge in [-0.15, -0.1) is 0 Å². The Morgan fingerprint density at radius 3 is 3.00 bits per heavy atom. The Morgan fingerprint density at radius 1 is 1.40 bits per heavy atom. The van der Waals surface area contributed by atoms with Gasteiger partial charge in [0.25, 0.3) is 0 Å². The summed E-state index contributed by atoms with van der Waals surface area (Å²) < 4.78 is 5.53. The lowest BCUT2D eigenvalue weighted by atomic mass is 9.95. The maximum Gasteiger partial charge on any atom is 0.0521 e. The highest BCUT2D eigenvalue weighted by Crippen LogP contribution is 2.23. The summed E-state index contributed by atoms with van der Waals surface area (Å²) in [7, 11) is 0. The Balaban J connectivity index is 1.84. The Hall–Kier alpha value is -0.120. The first-order chi connectivity index (χ1) is 7.31. The molecule has 3 heteroatoms. The summed E-state index contributed by atoms with van der Waals surface area (Å²) in [5, 5.41) is 0. The molecule has 0 radical (unpaired) electrons. The zero-order chi connectivity index (χ0) is 10.7. The predicted molar refractivity (Wildman–Crippen MR) is 61.8 cm³/mol. The molecule has 2 heterocycles. The molecule has 0 aromatic heterocycles. The molecule has 2 saturated heterocycles. The maximum absolute atomic E-state index is 6.14. The van der Waals surface area contributed by atoms with Gasteiger partial charge in [-0.2, -0.15) is 0 Å². The monoisotopic (exact) mass is 212 g/mol. The average Bonchev–Trinajstić information content (AvgIpc) is 2.69. The van der Waals surface area contributed by atoms with Gasteiger partial charge in [0.15, 0.2) is 0 Å². The first-order valence-electron chi connectivity index (χ1n) is 6.38. The van der Waals surface area contributed by atoms with Crippen molar-refractivity contribution in [3.05, 3.63) is 0 Å². The fraction of sp³-hybridized carbons (Fsp3) is 1.00. The number of nitrogens with two attached hydrogens (primary N) is 1. The Morgan fingerprint density at radius 2 is 2.27 bits per heavy atom. The summed E-state index contributed by atoms with van der Waals surface area (Å²) in [6, 6.07) is 1.16. The van der Waals surface area contributed by atoms with Crippen LogP contribution in [0, 0.1) is 5.92 Å². The zero-order valence-electron chi connectivity index (χ0n) is 9.82. The molecule has 2 fully saturated rings. The fourth-order valence-corrected chi connectivity index (χ4v) is 2.90. The third-order valence-electron chi connectivity index (χ3n) is 3.97. The van der Waals surface area contributed by atoms with Crippen molar-refractivity contribution in [1.82, 2.24) is 4.90 Å². The van der Waals surface area contributed by atoms with Crippen molar-refractivity contribution in [2.45, 2.75) is 44.7 Å². The Labute approximate surface area is 93.0 Å². The van der Waals surface area contributed by atoms with E-state index in [2.05, 4.69) is 11.8 Å². The van der Waals surface area contributed by atoms with Gasteiger partial charge in [-0.1, -0.05) is 6.92 Å². The molecule has 2 N–H and O–H groups in total. The molecule has 2 aliphatic heterocycles. The minimum atomic E-state index is 0.358. The minimum absolute atomic E-state index is 0.358. The molecule has 88 valence electrons. The second-order valence-corrected chi connectivity index (χ2v) is 4.99. The lowest BCUT2D eigenvalue weighted by molar-refractivity contribution is 0.0240. The molecule has 3 nitrogen and oxygen atoms in total. The number of likely N-dealkylation sites (tertiary alicyclic amines) is 1. The first kappa shape index (κ1) is 11.4. The smallest absolute Gasteiger partial charge is 0.0521 e. The van der Waals surface area contributed by atoms with Gasteiger partial charge < -0.3 is 10.5 Å². The molecule has 3 unspecified atom stereocenters. The molecular weight excluding hydrogens is 188 g/mol. The van der Waals surface area contributed by atoms with Crippen LogP contribution in [0.5, 0.6) is 0 Å². The molecule has 0 bridgehead atoms. The molecule has 3 atom stereocenters. The highest BCUT2D eigenvalue weighted by Gasteiger charge is 2.29. The van der Waals surface area contributed by atoms with Crippen LogP contribution in [0.3, 0.4) is 0 Å². The molecule has 0 amide bonds. The topological polar surface area (TPSA) is 38.5 Å². The SMILES string of the molecule is CCC1CCCN1CC1COCCC1N. The number of nitrogens with zero attached hydrogens (tertiary/aromatic N) is 1. The third kappa shape index (κ3) is 2.71. The van der Waals surface area contributed by atoms with E-state index < -0.39 is 0 Å². The molecule has 0 aliphatic carbocycles. The van der Waals surface area contributed by atoms with Crippen molar-refractivity contribution < 1.29 is 4.74 Å². The largest absolute Gasteiger partial charge is 0.381 e. The third-order valence-corrected chi connectivity index (χ3v) is 3.97. The van der Waals surface area contributed by atoms with E-state index in [1.54, 1.807) is 0 Å². The van der Waals surface area contributed by atoms with Crippen molar-refractivity contribution in [3.63, 3.8) is 0 Å². The van der Waals surface area contributed by atoms with Crippen molar-refractivity contribution >= 4 is 0 Å². The van der Waals surface area contributed by atoms with Crippen molar-refractivity contribution in [3.8, 4) is 0 Å². The van der Waals surface area contributed by atoms with Crippen LogP contribution in [-0.2, 0) is 4.74 Å². The van der Waals surface area contributed by atoms with Crippen LogP contribution in [0.1, 0.15) is 32.6 Å². The number of rotatable bonds is 3. The summed E-state index contributed by atoms with van der Waals surface area (Å²) in [6.07, 6.45) is 5.05. The fourth-order valence-electron chi connectivity index (χ4n) is 2.90. The number of ether oxygens (including phenoxy) is 1. The van der Waals surface area contributed by atoms with Gasteiger partial charge >= 0.3 is 0 Å². The molecule has 0 aromatic rings. The normalized spacial score (nSPS) is 38.4. The van der Waals surface area contributed by atoms with Crippen LogP contribution in [0.4, 0.5) is 0 Å². The van der Waals surface area contributed by atoms with Crippen LogP contribution >= 0.6 is 0 Å². The zero-order valence-corrected chi connectivity index (χ0v) is 9.82. The minimum Gasteiger partial charge on any atom is -0.381 e. The van der Waals surface area contributed by atoms with E-state index in [4.69, 9.17) is 10.5 Å². The Bertz CT molecular complexity index is 198. The molecule has 0 spiro atoms. The van der Waals surface area contributed by atoms with E-state index in [-0.39, 0.29) is 0 Å². The van der Waals surface area contributed by atoms with E-state index >= 15 is 0 Å². The average molecular weight is 212 g/mol. The number of hydrogen-bond donors (Lipinski definition) is 1. The first-order valence-corrected chi connectivity index (χ1v) is 6.38.